The highest BCUT2D eigenvalue weighted by molar-refractivity contribution is 7.15. The average molecular weight is 466 g/mol. The average Bonchev–Trinajstić information content (AvgIpc) is 3.44. The van der Waals surface area contributed by atoms with Crippen molar-refractivity contribution in [2.24, 2.45) is 5.16 Å². The zero-order chi connectivity index (χ0) is 23.0. The highest BCUT2D eigenvalue weighted by Crippen LogP contribution is 2.41. The van der Waals surface area contributed by atoms with Crippen molar-refractivity contribution >= 4 is 23.2 Å². The van der Waals surface area contributed by atoms with Crippen LogP contribution in [0.15, 0.2) is 59.4 Å². The summed E-state index contributed by atoms with van der Waals surface area (Å²) in [5.74, 6) is 1.11. The molecule has 2 aromatic carbocycles. The number of oxime groups is 1. The van der Waals surface area contributed by atoms with Crippen LogP contribution in [0.4, 0.5) is 4.39 Å². The van der Waals surface area contributed by atoms with Gasteiger partial charge in [-0.05, 0) is 73.4 Å². The third-order valence-corrected chi connectivity index (χ3v) is 6.96. The van der Waals surface area contributed by atoms with Crippen LogP contribution in [0.25, 0.3) is 16.6 Å². The van der Waals surface area contributed by atoms with E-state index in [1.54, 1.807) is 30.6 Å². The molecule has 2 aliphatic heterocycles. The van der Waals surface area contributed by atoms with Gasteiger partial charge in [-0.3, -0.25) is 0 Å². The molecular formula is C25H24FN3O3S. The van der Waals surface area contributed by atoms with Gasteiger partial charge in [-0.2, -0.15) is 0 Å². The third-order valence-electron chi connectivity index (χ3n) is 6.02. The second kappa shape index (κ2) is 8.61. The van der Waals surface area contributed by atoms with Crippen LogP contribution in [0, 0.1) is 12.7 Å². The quantitative estimate of drug-likeness (QED) is 0.579. The first-order valence-corrected chi connectivity index (χ1v) is 11.6. The molecule has 2 aliphatic rings. The molecule has 0 aliphatic carbocycles. The molecule has 5 rings (SSSR count). The summed E-state index contributed by atoms with van der Waals surface area (Å²) in [6.45, 7) is 2.42. The Bertz CT molecular complexity index is 1240. The Hall–Kier alpha value is -3.23. The van der Waals surface area contributed by atoms with Crippen molar-refractivity contribution in [3.8, 4) is 16.3 Å². The maximum Gasteiger partial charge on any atom is 0.260 e. The number of methoxy groups -OCH3 is 1. The first-order valence-electron chi connectivity index (χ1n) is 10.8. The molecule has 1 unspecified atom stereocenters. The Kier molecular flexibility index (Phi) is 5.64. The summed E-state index contributed by atoms with van der Waals surface area (Å²) >= 11 is 1.63. The molecule has 8 heteroatoms. The van der Waals surface area contributed by atoms with Gasteiger partial charge in [-0.1, -0.05) is 11.2 Å². The number of benzene rings is 2. The summed E-state index contributed by atoms with van der Waals surface area (Å²) < 4.78 is 19.1. The number of aliphatic hydroxyl groups is 1. The Morgan fingerprint density at radius 2 is 2.09 bits per heavy atom. The molecule has 1 atom stereocenters. The lowest BCUT2D eigenvalue weighted by atomic mass is 9.94. The minimum absolute atomic E-state index is 0.297. The number of nitrogens with zero attached hydrogens (tertiary/aromatic N) is 3. The Morgan fingerprint density at radius 1 is 1.27 bits per heavy atom. The number of rotatable bonds is 5. The Labute approximate surface area is 195 Å². The fraction of sp³-hybridized carbons (Fsp3) is 0.280. The van der Waals surface area contributed by atoms with Crippen molar-refractivity contribution < 1.29 is 19.1 Å². The lowest BCUT2D eigenvalue weighted by Gasteiger charge is -2.38. The van der Waals surface area contributed by atoms with E-state index < -0.39 is 5.72 Å². The highest BCUT2D eigenvalue weighted by atomic mass is 32.1. The molecule has 0 bridgehead atoms. The lowest BCUT2D eigenvalue weighted by Crippen LogP contribution is -2.51. The number of halogens is 1. The monoisotopic (exact) mass is 465 g/mol. The number of fused-ring (bicyclic) bond motifs is 1. The zero-order valence-electron chi connectivity index (χ0n) is 18.4. The van der Waals surface area contributed by atoms with Gasteiger partial charge in [0.15, 0.2) is 5.84 Å². The number of ether oxygens (including phenoxy) is 1. The smallest absolute Gasteiger partial charge is 0.260 e. The highest BCUT2D eigenvalue weighted by Gasteiger charge is 2.49. The largest absolute Gasteiger partial charge is 0.496 e. The van der Waals surface area contributed by atoms with E-state index in [0.29, 0.717) is 17.9 Å². The number of aromatic nitrogens is 1. The van der Waals surface area contributed by atoms with Crippen molar-refractivity contribution in [3.05, 3.63) is 76.1 Å². The molecule has 33 heavy (non-hydrogen) atoms. The van der Waals surface area contributed by atoms with Gasteiger partial charge in [-0.25, -0.2) is 9.37 Å². The van der Waals surface area contributed by atoms with E-state index in [0.717, 1.165) is 45.2 Å². The third kappa shape index (κ3) is 3.79. The predicted octanol–water partition coefficient (Wildman–Crippen LogP) is 4.93. The van der Waals surface area contributed by atoms with E-state index in [4.69, 9.17) is 9.57 Å². The number of aryl methyl sites for hydroxylation is 1. The van der Waals surface area contributed by atoms with Gasteiger partial charge in [0, 0.05) is 23.2 Å². The van der Waals surface area contributed by atoms with Crippen molar-refractivity contribution in [1.29, 1.82) is 0 Å². The maximum absolute atomic E-state index is 13.5. The molecule has 170 valence electrons. The second-order valence-electron chi connectivity index (χ2n) is 8.12. The summed E-state index contributed by atoms with van der Waals surface area (Å²) in [6.07, 6.45) is 5.65. The summed E-state index contributed by atoms with van der Waals surface area (Å²) in [5, 5.41) is 15.6. The minimum Gasteiger partial charge on any atom is -0.496 e. The van der Waals surface area contributed by atoms with Crippen LogP contribution in [0.2, 0.25) is 0 Å². The van der Waals surface area contributed by atoms with Gasteiger partial charge in [0.05, 0.1) is 12.7 Å². The standard InChI is InChI=1S/C25H24FN3O3S/c1-16-14-27-24(33-16)21-10-5-17(13-22(21)31-2)12-18-4-3-11-29-23(18)28-32-25(29,15-30)19-6-8-20(26)9-7-19/h5-10,12-14,30H,3-4,11,15H2,1-2H3/b18-12+. The molecule has 1 N–H and O–H groups in total. The van der Waals surface area contributed by atoms with Crippen molar-refractivity contribution in [3.63, 3.8) is 0 Å². The van der Waals surface area contributed by atoms with Gasteiger partial charge in [0.25, 0.3) is 5.72 Å². The normalized spacial score (nSPS) is 21.0. The molecule has 0 radical (unpaired) electrons. The summed E-state index contributed by atoms with van der Waals surface area (Å²) in [6, 6.07) is 12.0. The van der Waals surface area contributed by atoms with E-state index in [2.05, 4.69) is 16.2 Å². The van der Waals surface area contributed by atoms with Crippen LogP contribution in [-0.4, -0.2) is 41.1 Å². The van der Waals surface area contributed by atoms with Crippen LogP contribution >= 0.6 is 11.3 Å². The molecule has 6 nitrogen and oxygen atoms in total. The van der Waals surface area contributed by atoms with Crippen LogP contribution < -0.4 is 4.74 Å². The summed E-state index contributed by atoms with van der Waals surface area (Å²) in [4.78, 5) is 13.4. The van der Waals surface area contributed by atoms with Gasteiger partial charge >= 0.3 is 0 Å². The van der Waals surface area contributed by atoms with Gasteiger partial charge in [-0.15, -0.1) is 11.3 Å². The molecule has 1 saturated heterocycles. The van der Waals surface area contributed by atoms with E-state index in [1.807, 2.05) is 36.2 Å². The van der Waals surface area contributed by atoms with Gasteiger partial charge < -0.3 is 19.6 Å². The molecule has 1 fully saturated rings. The molecule has 3 heterocycles. The summed E-state index contributed by atoms with van der Waals surface area (Å²) in [5.41, 5.74) is 2.47. The van der Waals surface area contributed by atoms with Crippen LogP contribution in [-0.2, 0) is 10.6 Å². The summed E-state index contributed by atoms with van der Waals surface area (Å²) in [7, 11) is 1.66. The number of amidine groups is 1. The Balaban J connectivity index is 1.47. The number of hydrogen-bond donors (Lipinski definition) is 1. The Morgan fingerprint density at radius 3 is 2.79 bits per heavy atom. The van der Waals surface area contributed by atoms with E-state index in [9.17, 15) is 9.50 Å². The van der Waals surface area contributed by atoms with Crippen LogP contribution in [0.3, 0.4) is 0 Å². The molecule has 0 spiro atoms. The van der Waals surface area contributed by atoms with Crippen LogP contribution in [0.1, 0.15) is 28.8 Å². The van der Waals surface area contributed by atoms with E-state index in [1.165, 1.54) is 12.1 Å². The van der Waals surface area contributed by atoms with Crippen molar-refractivity contribution in [2.45, 2.75) is 25.5 Å². The van der Waals surface area contributed by atoms with Gasteiger partial charge in [0.2, 0.25) is 0 Å². The number of thiazole rings is 1. The number of hydrogen-bond acceptors (Lipinski definition) is 7. The van der Waals surface area contributed by atoms with Crippen LogP contribution in [0.5, 0.6) is 5.75 Å². The van der Waals surface area contributed by atoms with E-state index in [-0.39, 0.29) is 12.4 Å². The molecule has 3 aromatic rings. The number of piperidine rings is 1. The second-order valence-corrected chi connectivity index (χ2v) is 9.35. The zero-order valence-corrected chi connectivity index (χ0v) is 19.2. The predicted molar refractivity (Wildman–Crippen MR) is 126 cm³/mol. The fourth-order valence-corrected chi connectivity index (χ4v) is 5.16. The van der Waals surface area contributed by atoms with Crippen molar-refractivity contribution in [2.75, 3.05) is 20.3 Å². The lowest BCUT2D eigenvalue weighted by molar-refractivity contribution is -0.137. The number of aliphatic hydroxyl groups excluding tert-OH is 1. The minimum atomic E-state index is -1.15. The van der Waals surface area contributed by atoms with Gasteiger partial charge in [0.1, 0.15) is 23.2 Å². The maximum atomic E-state index is 13.5. The SMILES string of the molecule is COc1cc(/C=C2\CCCN3C2=NOC3(CO)c2ccc(F)cc2)ccc1-c1ncc(C)s1. The molecule has 0 saturated carbocycles. The topological polar surface area (TPSA) is 67.2 Å². The first kappa shape index (κ1) is 21.6. The van der Waals surface area contributed by atoms with E-state index >= 15 is 0 Å². The molecular weight excluding hydrogens is 441 g/mol. The molecule has 1 aromatic heterocycles. The first-order chi connectivity index (χ1) is 16.0. The van der Waals surface area contributed by atoms with Crippen molar-refractivity contribution in [1.82, 2.24) is 9.88 Å². The molecule has 0 amide bonds. The fourth-order valence-electron chi connectivity index (χ4n) is 4.36.